The van der Waals surface area contributed by atoms with Crippen molar-refractivity contribution in [3.63, 3.8) is 0 Å². The van der Waals surface area contributed by atoms with E-state index in [1.807, 2.05) is 24.3 Å². The molecule has 0 radical (unpaired) electrons. The summed E-state index contributed by atoms with van der Waals surface area (Å²) in [5, 5.41) is 14.2. The predicted molar refractivity (Wildman–Crippen MR) is 101 cm³/mol. The Labute approximate surface area is 155 Å². The van der Waals surface area contributed by atoms with Crippen LogP contribution in [0.5, 0.6) is 0 Å². The monoisotopic (exact) mass is 366 g/mol. The molecule has 8 nitrogen and oxygen atoms in total. The van der Waals surface area contributed by atoms with E-state index in [9.17, 15) is 19.7 Å². The molecule has 1 atom stereocenters. The van der Waals surface area contributed by atoms with Gasteiger partial charge in [0.25, 0.3) is 5.69 Å². The number of carbonyl (C=O) groups excluding carboxylic acids is 2. The number of non-ortho nitro benzene ring substituents is 1. The lowest BCUT2D eigenvalue weighted by atomic mass is 10.1. The summed E-state index contributed by atoms with van der Waals surface area (Å²) >= 11 is 0. The number of β-lactam (4-membered cyclic amide) rings is 1. The summed E-state index contributed by atoms with van der Waals surface area (Å²) in [5.41, 5.74) is 2.15. The van der Waals surface area contributed by atoms with E-state index in [0.29, 0.717) is 25.1 Å². The first kappa shape index (κ1) is 17.0. The van der Waals surface area contributed by atoms with Crippen molar-refractivity contribution in [3.8, 4) is 0 Å². The molecule has 2 heterocycles. The summed E-state index contributed by atoms with van der Waals surface area (Å²) < 4.78 is 0. The minimum atomic E-state index is -0.468. The van der Waals surface area contributed by atoms with Crippen LogP contribution in [-0.2, 0) is 9.59 Å². The number of carbonyl (C=O) groups is 2. The van der Waals surface area contributed by atoms with Crippen molar-refractivity contribution in [1.29, 1.82) is 0 Å². The Hall–Kier alpha value is -3.42. The zero-order valence-corrected chi connectivity index (χ0v) is 14.5. The molecule has 1 unspecified atom stereocenters. The molecule has 2 aliphatic heterocycles. The maximum Gasteiger partial charge on any atom is 0.271 e. The van der Waals surface area contributed by atoms with Crippen LogP contribution in [0.3, 0.4) is 0 Å². The molecule has 0 spiro atoms. The molecule has 2 fully saturated rings. The standard InChI is InChI=1S/C19H18N4O4/c24-18-9-11-21(18)14-6-4-13(5-7-14)20-17-8-10-22(19(17)25)15-2-1-3-16(12-15)23(26)27/h1-7,12,17,20H,8-11H2. The van der Waals surface area contributed by atoms with Crippen molar-refractivity contribution in [2.75, 3.05) is 28.2 Å². The van der Waals surface area contributed by atoms with E-state index in [2.05, 4.69) is 5.32 Å². The lowest BCUT2D eigenvalue weighted by molar-refractivity contribution is -0.384. The molecule has 0 aromatic heterocycles. The van der Waals surface area contributed by atoms with E-state index in [0.717, 1.165) is 17.9 Å². The van der Waals surface area contributed by atoms with E-state index >= 15 is 0 Å². The number of hydrogen-bond acceptors (Lipinski definition) is 5. The largest absolute Gasteiger partial charge is 0.374 e. The van der Waals surface area contributed by atoms with E-state index in [1.54, 1.807) is 21.9 Å². The molecule has 8 heteroatoms. The minimum absolute atomic E-state index is 0.0344. The van der Waals surface area contributed by atoms with E-state index in [4.69, 9.17) is 0 Å². The molecular weight excluding hydrogens is 348 g/mol. The van der Waals surface area contributed by atoms with Crippen LogP contribution in [0.25, 0.3) is 0 Å². The first-order valence-corrected chi connectivity index (χ1v) is 8.76. The van der Waals surface area contributed by atoms with Crippen LogP contribution in [0.4, 0.5) is 22.7 Å². The van der Waals surface area contributed by atoms with E-state index in [1.165, 1.54) is 12.1 Å². The van der Waals surface area contributed by atoms with Gasteiger partial charge < -0.3 is 15.1 Å². The summed E-state index contributed by atoms with van der Waals surface area (Å²) in [4.78, 5) is 38.0. The topological polar surface area (TPSA) is 95.8 Å². The second-order valence-electron chi connectivity index (χ2n) is 6.59. The summed E-state index contributed by atoms with van der Waals surface area (Å²) in [7, 11) is 0. The molecule has 27 heavy (non-hydrogen) atoms. The highest BCUT2D eigenvalue weighted by Gasteiger charge is 2.33. The maximum absolute atomic E-state index is 12.7. The number of rotatable bonds is 5. The zero-order valence-electron chi connectivity index (χ0n) is 14.5. The maximum atomic E-state index is 12.7. The molecule has 2 aromatic rings. The van der Waals surface area contributed by atoms with Crippen LogP contribution in [0, 0.1) is 10.1 Å². The van der Waals surface area contributed by atoms with Crippen molar-refractivity contribution in [1.82, 2.24) is 0 Å². The fourth-order valence-corrected chi connectivity index (χ4v) is 3.37. The third-order valence-corrected chi connectivity index (χ3v) is 4.93. The van der Waals surface area contributed by atoms with Gasteiger partial charge in [0.05, 0.1) is 10.6 Å². The van der Waals surface area contributed by atoms with Gasteiger partial charge in [-0.25, -0.2) is 0 Å². The summed E-state index contributed by atoms with van der Waals surface area (Å²) in [6.07, 6.45) is 1.19. The number of nitro benzene ring substituents is 1. The number of benzene rings is 2. The predicted octanol–water partition coefficient (Wildman–Crippen LogP) is 2.55. The molecule has 4 rings (SSSR count). The number of hydrogen-bond donors (Lipinski definition) is 1. The molecule has 0 bridgehead atoms. The molecule has 2 saturated heterocycles. The van der Waals surface area contributed by atoms with Crippen molar-refractivity contribution in [2.45, 2.75) is 18.9 Å². The Morgan fingerprint density at radius 3 is 2.41 bits per heavy atom. The van der Waals surface area contributed by atoms with Gasteiger partial charge in [-0.2, -0.15) is 0 Å². The highest BCUT2D eigenvalue weighted by atomic mass is 16.6. The van der Waals surface area contributed by atoms with Crippen LogP contribution >= 0.6 is 0 Å². The quantitative estimate of drug-likeness (QED) is 0.498. The molecule has 0 aliphatic carbocycles. The number of nitrogens with one attached hydrogen (secondary N) is 1. The lowest BCUT2D eigenvalue weighted by Gasteiger charge is -2.30. The fraction of sp³-hybridized carbons (Fsp3) is 0.263. The van der Waals surface area contributed by atoms with Gasteiger partial charge >= 0.3 is 0 Å². The number of amides is 2. The van der Waals surface area contributed by atoms with Crippen molar-refractivity contribution < 1.29 is 14.5 Å². The number of nitrogens with zero attached hydrogens (tertiary/aromatic N) is 3. The van der Waals surface area contributed by atoms with E-state index in [-0.39, 0.29) is 23.5 Å². The van der Waals surface area contributed by atoms with Crippen LogP contribution in [0.1, 0.15) is 12.8 Å². The van der Waals surface area contributed by atoms with Gasteiger partial charge in [0.2, 0.25) is 11.8 Å². The molecule has 2 aromatic carbocycles. The van der Waals surface area contributed by atoms with Gasteiger partial charge in [-0.05, 0) is 36.8 Å². The zero-order chi connectivity index (χ0) is 19.0. The van der Waals surface area contributed by atoms with E-state index < -0.39 is 4.92 Å². The molecule has 0 saturated carbocycles. The van der Waals surface area contributed by atoms with Crippen molar-refractivity contribution in [3.05, 3.63) is 58.6 Å². The molecular formula is C19H18N4O4. The average molecular weight is 366 g/mol. The minimum Gasteiger partial charge on any atom is -0.374 e. The first-order valence-electron chi connectivity index (χ1n) is 8.76. The van der Waals surface area contributed by atoms with Gasteiger partial charge in [-0.1, -0.05) is 6.07 Å². The van der Waals surface area contributed by atoms with Crippen LogP contribution < -0.4 is 15.1 Å². The second kappa shape index (κ2) is 6.71. The molecule has 2 aliphatic rings. The number of nitro groups is 1. The molecule has 2 amide bonds. The van der Waals surface area contributed by atoms with Crippen LogP contribution in [0.15, 0.2) is 48.5 Å². The van der Waals surface area contributed by atoms with Crippen LogP contribution in [0.2, 0.25) is 0 Å². The van der Waals surface area contributed by atoms with Gasteiger partial charge in [-0.3, -0.25) is 19.7 Å². The van der Waals surface area contributed by atoms with Gasteiger partial charge in [0.1, 0.15) is 6.04 Å². The van der Waals surface area contributed by atoms with Gasteiger partial charge in [-0.15, -0.1) is 0 Å². The fourth-order valence-electron chi connectivity index (χ4n) is 3.37. The smallest absolute Gasteiger partial charge is 0.271 e. The van der Waals surface area contributed by atoms with Crippen molar-refractivity contribution in [2.24, 2.45) is 0 Å². The van der Waals surface area contributed by atoms with Crippen LogP contribution in [-0.4, -0.2) is 35.9 Å². The Kier molecular flexibility index (Phi) is 4.23. The normalized spacial score (nSPS) is 19.2. The highest BCUT2D eigenvalue weighted by Crippen LogP contribution is 2.28. The van der Waals surface area contributed by atoms with Crippen molar-refractivity contribution >= 4 is 34.6 Å². The Balaban J connectivity index is 1.44. The third kappa shape index (κ3) is 3.21. The van der Waals surface area contributed by atoms with Gasteiger partial charge in [0, 0.05) is 43.0 Å². The SMILES string of the molecule is O=C1CCN1c1ccc(NC2CCN(c3cccc([N+](=O)[O-])c3)C2=O)cc1. The lowest BCUT2D eigenvalue weighted by Crippen LogP contribution is -2.43. The summed E-state index contributed by atoms with van der Waals surface area (Å²) in [6, 6.07) is 13.1. The average Bonchev–Trinajstić information content (AvgIpc) is 3.02. The first-order chi connectivity index (χ1) is 13.0. The van der Waals surface area contributed by atoms with Gasteiger partial charge in [0.15, 0.2) is 0 Å². The number of anilines is 3. The summed E-state index contributed by atoms with van der Waals surface area (Å²) in [6.45, 7) is 1.24. The summed E-state index contributed by atoms with van der Waals surface area (Å²) in [5.74, 6) is 0.00627. The Bertz CT molecular complexity index is 912. The Morgan fingerprint density at radius 1 is 1.00 bits per heavy atom. The Morgan fingerprint density at radius 2 is 1.78 bits per heavy atom. The molecule has 1 N–H and O–H groups in total. The highest BCUT2D eigenvalue weighted by molar-refractivity contribution is 6.01. The molecule has 138 valence electrons. The third-order valence-electron chi connectivity index (χ3n) is 4.93. The second-order valence-corrected chi connectivity index (χ2v) is 6.59.